The molecule has 0 saturated heterocycles. The third-order valence-electron chi connectivity index (χ3n) is 3.21. The number of fused-ring (bicyclic) bond motifs is 1. The lowest BCUT2D eigenvalue weighted by atomic mass is 9.90. The van der Waals surface area contributed by atoms with Crippen LogP contribution < -0.4 is 4.90 Å². The summed E-state index contributed by atoms with van der Waals surface area (Å²) in [6.07, 6.45) is -5.08. The Balaban J connectivity index is 3.08. The summed E-state index contributed by atoms with van der Waals surface area (Å²) < 4.78 is 43.1. The number of nitro groups is 2. The second-order valence-corrected chi connectivity index (χ2v) is 5.02. The fourth-order valence-electron chi connectivity index (χ4n) is 2.09. The van der Waals surface area contributed by atoms with E-state index in [2.05, 4.69) is 9.79 Å². The van der Waals surface area contributed by atoms with Gasteiger partial charge < -0.3 is 5.21 Å². The maximum Gasteiger partial charge on any atom is 0.421 e. The van der Waals surface area contributed by atoms with E-state index >= 15 is 0 Å². The van der Waals surface area contributed by atoms with Crippen molar-refractivity contribution in [3.63, 3.8) is 0 Å². The first-order chi connectivity index (χ1) is 10.4. The summed E-state index contributed by atoms with van der Waals surface area (Å²) in [6, 6.07) is 0.103. The lowest BCUT2D eigenvalue weighted by Crippen LogP contribution is -2.34. The quantitative estimate of drug-likeness (QED) is 0.473. The Morgan fingerprint density at radius 3 is 2.26 bits per heavy atom. The van der Waals surface area contributed by atoms with Crippen molar-refractivity contribution in [2.75, 3.05) is 0 Å². The van der Waals surface area contributed by atoms with Crippen molar-refractivity contribution >= 4 is 16.7 Å². The molecule has 0 spiro atoms. The highest BCUT2D eigenvalue weighted by Gasteiger charge is 2.49. The molecule has 1 heterocycles. The molecule has 2 aromatic rings. The summed E-state index contributed by atoms with van der Waals surface area (Å²) in [5, 5.41) is 36.8. The average Bonchev–Trinajstić information content (AvgIpc) is 2.77. The summed E-state index contributed by atoms with van der Waals surface area (Å²) in [7, 11) is 0. The van der Waals surface area contributed by atoms with Gasteiger partial charge in [0.25, 0.3) is 16.7 Å². The highest BCUT2D eigenvalue weighted by atomic mass is 19.4. The van der Waals surface area contributed by atoms with E-state index in [-0.39, 0.29) is 6.07 Å². The molecule has 0 amide bonds. The van der Waals surface area contributed by atoms with Crippen LogP contribution in [0.4, 0.5) is 18.9 Å². The molecule has 0 N–H and O–H groups in total. The molecule has 1 aromatic heterocycles. The van der Waals surface area contributed by atoms with Gasteiger partial charge in [-0.25, -0.2) is 0 Å². The molecule has 2 rings (SSSR count). The van der Waals surface area contributed by atoms with Crippen LogP contribution in [-0.2, 0) is 11.7 Å². The third-order valence-corrected chi connectivity index (χ3v) is 3.21. The number of halogens is 3. The van der Waals surface area contributed by atoms with Crippen LogP contribution in [0.2, 0.25) is 0 Å². The molecule has 0 atom stereocenters. The molecule has 10 nitrogen and oxygen atoms in total. The van der Waals surface area contributed by atoms with Crippen LogP contribution in [0.3, 0.4) is 0 Å². The molecule has 0 saturated carbocycles. The fourth-order valence-corrected chi connectivity index (χ4v) is 2.09. The zero-order valence-electron chi connectivity index (χ0n) is 11.4. The number of aromatic nitrogens is 2. The van der Waals surface area contributed by atoms with Gasteiger partial charge in [0.05, 0.1) is 4.92 Å². The number of nitro benzene ring substituents is 1. The van der Waals surface area contributed by atoms with Gasteiger partial charge in [-0.05, 0) is 4.90 Å². The molecule has 0 unspecified atom stereocenters. The van der Waals surface area contributed by atoms with Crippen molar-refractivity contribution in [1.82, 2.24) is 5.16 Å². The lowest BCUT2D eigenvalue weighted by molar-refractivity contribution is -0.782. The number of hydrogen-bond acceptors (Lipinski definition) is 7. The van der Waals surface area contributed by atoms with E-state index in [0.717, 1.165) is 13.8 Å². The van der Waals surface area contributed by atoms with E-state index in [1.165, 1.54) is 0 Å². The van der Waals surface area contributed by atoms with E-state index in [1.54, 1.807) is 0 Å². The molecular formula is C10H7F3N4O6. The minimum Gasteiger partial charge on any atom is -0.359 e. The minimum atomic E-state index is -5.08. The van der Waals surface area contributed by atoms with E-state index in [4.69, 9.17) is 0 Å². The van der Waals surface area contributed by atoms with Crippen molar-refractivity contribution in [1.29, 1.82) is 0 Å². The largest absolute Gasteiger partial charge is 0.421 e. The third kappa shape index (κ3) is 2.39. The van der Waals surface area contributed by atoms with Crippen LogP contribution in [0.25, 0.3) is 11.0 Å². The Bertz CT molecular complexity index is 828. The Kier molecular flexibility index (Phi) is 3.39. The Morgan fingerprint density at radius 2 is 1.83 bits per heavy atom. The molecule has 13 heteroatoms. The number of hydrogen-bond donors (Lipinski definition) is 0. The molecule has 23 heavy (non-hydrogen) atoms. The summed E-state index contributed by atoms with van der Waals surface area (Å²) >= 11 is 0. The fraction of sp³-hybridized carbons (Fsp3) is 0.400. The van der Waals surface area contributed by atoms with Gasteiger partial charge in [0, 0.05) is 30.0 Å². The van der Waals surface area contributed by atoms with Gasteiger partial charge in [-0.15, -0.1) is 0 Å². The summed E-state index contributed by atoms with van der Waals surface area (Å²) in [6.45, 7) is 1.82. The van der Waals surface area contributed by atoms with Crippen molar-refractivity contribution in [2.45, 2.75) is 25.6 Å². The van der Waals surface area contributed by atoms with Crippen molar-refractivity contribution in [3.05, 3.63) is 42.6 Å². The van der Waals surface area contributed by atoms with E-state index in [1.807, 2.05) is 0 Å². The van der Waals surface area contributed by atoms with E-state index in [9.17, 15) is 38.6 Å². The van der Waals surface area contributed by atoms with E-state index in [0.29, 0.717) is 0 Å². The number of alkyl halides is 3. The van der Waals surface area contributed by atoms with Crippen LogP contribution in [-0.4, -0.2) is 15.0 Å². The number of rotatable bonds is 3. The highest BCUT2D eigenvalue weighted by Crippen LogP contribution is 2.42. The van der Waals surface area contributed by atoms with Crippen LogP contribution in [0.5, 0.6) is 0 Å². The molecule has 0 aliphatic carbocycles. The molecule has 0 aliphatic heterocycles. The SMILES string of the molecule is CC(C)(c1c([N+](=O)[O-])cc(C(F)(F)F)c2no[n+]([O-])c12)[N+](=O)[O-]. The first-order valence-corrected chi connectivity index (χ1v) is 5.82. The van der Waals surface area contributed by atoms with Crippen molar-refractivity contribution in [3.8, 4) is 0 Å². The Hall–Kier alpha value is -2.99. The second-order valence-electron chi connectivity index (χ2n) is 5.02. The van der Waals surface area contributed by atoms with Gasteiger partial charge in [0.1, 0.15) is 5.56 Å². The molecule has 0 radical (unpaired) electrons. The number of nitrogens with zero attached hydrogens (tertiary/aromatic N) is 4. The smallest absolute Gasteiger partial charge is 0.359 e. The topological polar surface area (TPSA) is 139 Å². The summed E-state index contributed by atoms with van der Waals surface area (Å²) in [4.78, 5) is 19.5. The van der Waals surface area contributed by atoms with Crippen LogP contribution in [0.1, 0.15) is 25.0 Å². The molecule has 0 fully saturated rings. The van der Waals surface area contributed by atoms with Crippen molar-refractivity contribution < 1.29 is 32.5 Å². The normalized spacial score (nSPS) is 12.6. The summed E-state index contributed by atoms with van der Waals surface area (Å²) in [5.41, 5.74) is -7.93. The standard InChI is InChI=1S/C10H7F3N4O6/c1-9(2,17(21)22)6-5(15(18)19)3-4(10(11,12)13)7-8(6)16(20)23-14-7/h3H,1-2H3. The van der Waals surface area contributed by atoms with Gasteiger partial charge in [0.2, 0.25) is 5.52 Å². The molecule has 1 aromatic carbocycles. The molecule has 0 bridgehead atoms. The van der Waals surface area contributed by atoms with Gasteiger partial charge in [0.15, 0.2) is 5.56 Å². The average molecular weight is 336 g/mol. The first kappa shape index (κ1) is 16.4. The Labute approximate surface area is 123 Å². The molecule has 124 valence electrons. The maximum absolute atomic E-state index is 13.0. The summed E-state index contributed by atoms with van der Waals surface area (Å²) in [5.74, 6) is 0. The van der Waals surface area contributed by atoms with Crippen molar-refractivity contribution in [2.24, 2.45) is 0 Å². The zero-order valence-corrected chi connectivity index (χ0v) is 11.4. The number of benzene rings is 1. The predicted molar refractivity (Wildman–Crippen MR) is 64.6 cm³/mol. The van der Waals surface area contributed by atoms with Crippen LogP contribution in [0.15, 0.2) is 10.7 Å². The monoisotopic (exact) mass is 336 g/mol. The van der Waals surface area contributed by atoms with E-state index < -0.39 is 54.3 Å². The maximum atomic E-state index is 13.0. The van der Waals surface area contributed by atoms with Crippen LogP contribution >= 0.6 is 0 Å². The lowest BCUT2D eigenvalue weighted by Gasteiger charge is -2.16. The van der Waals surface area contributed by atoms with Gasteiger partial charge in [-0.3, -0.25) is 24.9 Å². The van der Waals surface area contributed by atoms with Gasteiger partial charge >= 0.3 is 6.18 Å². The zero-order chi connectivity index (χ0) is 17.7. The highest BCUT2D eigenvalue weighted by molar-refractivity contribution is 5.84. The predicted octanol–water partition coefficient (Wildman–Crippen LogP) is 1.90. The van der Waals surface area contributed by atoms with Gasteiger partial charge in [-0.2, -0.15) is 13.2 Å². The molecule has 0 aliphatic rings. The molecular weight excluding hydrogens is 329 g/mol. The minimum absolute atomic E-state index is 0.103. The van der Waals surface area contributed by atoms with Gasteiger partial charge in [-0.1, -0.05) is 0 Å². The van der Waals surface area contributed by atoms with Crippen LogP contribution in [0, 0.1) is 25.4 Å². The first-order valence-electron chi connectivity index (χ1n) is 5.82. The second kappa shape index (κ2) is 4.76. The Morgan fingerprint density at radius 1 is 1.26 bits per heavy atom.